The molecule has 1 fully saturated rings. The Morgan fingerprint density at radius 3 is 2.48 bits per heavy atom. The van der Waals surface area contributed by atoms with E-state index in [4.69, 9.17) is 21.1 Å². The summed E-state index contributed by atoms with van der Waals surface area (Å²) in [6, 6.07) is 3.37. The Balaban J connectivity index is 0.00000225. The molecule has 1 heterocycles. The van der Waals surface area contributed by atoms with Crippen LogP contribution in [-0.2, 0) is 9.53 Å². The summed E-state index contributed by atoms with van der Waals surface area (Å²) in [5.41, 5.74) is 0.658. The van der Waals surface area contributed by atoms with E-state index in [1.165, 1.54) is 7.11 Å². The normalized spacial score (nSPS) is 25.8. The number of benzene rings is 1. The van der Waals surface area contributed by atoms with Crippen LogP contribution < -0.4 is 44.7 Å². The van der Waals surface area contributed by atoms with Crippen LogP contribution in [0.4, 0.5) is 0 Å². The van der Waals surface area contributed by atoms with Gasteiger partial charge in [-0.15, -0.1) is 0 Å². The summed E-state index contributed by atoms with van der Waals surface area (Å²) in [5.74, 6) is -0.0357. The van der Waals surface area contributed by atoms with Gasteiger partial charge in [0.05, 0.1) is 18.8 Å². The van der Waals surface area contributed by atoms with E-state index < -0.39 is 5.54 Å². The molecule has 2 aliphatic rings. The number of methoxy groups -OCH3 is 2. The second kappa shape index (κ2) is 7.89. The fourth-order valence-corrected chi connectivity index (χ4v) is 4.03. The van der Waals surface area contributed by atoms with Crippen LogP contribution in [0.25, 0.3) is 5.57 Å². The molecule has 130 valence electrons. The van der Waals surface area contributed by atoms with Crippen molar-refractivity contribution < 1.29 is 48.9 Å². The number of halogens is 1. The number of hydrogen-bond donors (Lipinski definition) is 1. The van der Waals surface area contributed by atoms with Gasteiger partial charge in [0.1, 0.15) is 5.75 Å². The van der Waals surface area contributed by atoms with Crippen molar-refractivity contribution in [3.05, 3.63) is 34.0 Å². The SMILES string of the molecule is COc1cc(Cl)cc(C)c1C1=C([O-])C2(CCC(OC)CC2)NC1=O.[Na+]. The summed E-state index contributed by atoms with van der Waals surface area (Å²) in [6.07, 6.45) is 2.85. The van der Waals surface area contributed by atoms with Gasteiger partial charge in [-0.05, 0) is 50.3 Å². The van der Waals surface area contributed by atoms with Gasteiger partial charge in [-0.25, -0.2) is 0 Å². The first-order valence-electron chi connectivity index (χ1n) is 8.03. The first-order valence-corrected chi connectivity index (χ1v) is 8.41. The van der Waals surface area contributed by atoms with Crippen LogP contribution in [0, 0.1) is 6.92 Å². The molecule has 1 aromatic carbocycles. The maximum Gasteiger partial charge on any atom is 1.00 e. The van der Waals surface area contributed by atoms with Crippen molar-refractivity contribution in [2.75, 3.05) is 14.2 Å². The number of carbonyl (C=O) groups excluding carboxylic acids is 1. The van der Waals surface area contributed by atoms with Crippen molar-refractivity contribution in [2.45, 2.75) is 44.2 Å². The van der Waals surface area contributed by atoms with Gasteiger partial charge in [-0.2, -0.15) is 0 Å². The predicted octanol–water partition coefficient (Wildman–Crippen LogP) is -0.810. The van der Waals surface area contributed by atoms with Gasteiger partial charge in [0, 0.05) is 23.3 Å². The Kier molecular flexibility index (Phi) is 6.50. The van der Waals surface area contributed by atoms with Crippen molar-refractivity contribution in [3.63, 3.8) is 0 Å². The maximum absolute atomic E-state index is 13.1. The Labute approximate surface area is 175 Å². The van der Waals surface area contributed by atoms with E-state index in [0.29, 0.717) is 29.2 Å². The first kappa shape index (κ1) is 20.6. The van der Waals surface area contributed by atoms with Crippen molar-refractivity contribution in [1.29, 1.82) is 0 Å². The van der Waals surface area contributed by atoms with Crippen molar-refractivity contribution in [1.82, 2.24) is 5.32 Å². The van der Waals surface area contributed by atoms with Crippen LogP contribution in [0.3, 0.4) is 0 Å². The van der Waals surface area contributed by atoms with E-state index in [1.54, 1.807) is 19.2 Å². The van der Waals surface area contributed by atoms with Gasteiger partial charge in [0.15, 0.2) is 0 Å². The zero-order chi connectivity index (χ0) is 17.5. The van der Waals surface area contributed by atoms with Crippen LogP contribution in [0.2, 0.25) is 5.02 Å². The second-order valence-electron chi connectivity index (χ2n) is 6.48. The molecule has 0 saturated heterocycles. The summed E-state index contributed by atoms with van der Waals surface area (Å²) in [7, 11) is 3.18. The number of amides is 1. The zero-order valence-electron chi connectivity index (χ0n) is 15.1. The monoisotopic (exact) mass is 373 g/mol. The van der Waals surface area contributed by atoms with Gasteiger partial charge >= 0.3 is 29.6 Å². The molecule has 5 nitrogen and oxygen atoms in total. The van der Waals surface area contributed by atoms with Gasteiger partial charge in [-0.3, -0.25) is 4.79 Å². The van der Waals surface area contributed by atoms with Crippen molar-refractivity contribution >= 4 is 23.1 Å². The van der Waals surface area contributed by atoms with E-state index in [2.05, 4.69) is 5.32 Å². The number of ether oxygens (including phenoxy) is 2. The number of aryl methyl sites for hydroxylation is 1. The molecule has 0 radical (unpaired) electrons. The average Bonchev–Trinajstić information content (AvgIpc) is 2.79. The molecule has 0 bridgehead atoms. The molecule has 1 amide bonds. The number of nitrogens with one attached hydrogen (secondary N) is 1. The van der Waals surface area contributed by atoms with Gasteiger partial charge in [-0.1, -0.05) is 17.4 Å². The number of carbonyl (C=O) groups is 1. The van der Waals surface area contributed by atoms with Crippen molar-refractivity contribution in [3.8, 4) is 5.75 Å². The fraction of sp³-hybridized carbons (Fsp3) is 0.500. The third-order valence-electron chi connectivity index (χ3n) is 5.10. The summed E-state index contributed by atoms with van der Waals surface area (Å²) < 4.78 is 10.7. The molecule has 1 aromatic rings. The molecule has 0 atom stereocenters. The molecule has 7 heteroatoms. The third-order valence-corrected chi connectivity index (χ3v) is 5.31. The summed E-state index contributed by atoms with van der Waals surface area (Å²) >= 11 is 6.07. The summed E-state index contributed by atoms with van der Waals surface area (Å²) in [5, 5.41) is 16.6. The molecule has 1 aliphatic heterocycles. The Morgan fingerprint density at radius 2 is 1.92 bits per heavy atom. The molecule has 25 heavy (non-hydrogen) atoms. The summed E-state index contributed by atoms with van der Waals surface area (Å²) in [4.78, 5) is 12.6. The van der Waals surface area contributed by atoms with Crippen LogP contribution in [0.1, 0.15) is 36.8 Å². The molecular formula is C18H21ClNNaO4. The maximum atomic E-state index is 13.1. The minimum Gasteiger partial charge on any atom is -0.873 e. The van der Waals surface area contributed by atoms with Crippen LogP contribution in [0.5, 0.6) is 5.75 Å². The van der Waals surface area contributed by atoms with Gasteiger partial charge in [0.25, 0.3) is 5.91 Å². The van der Waals surface area contributed by atoms with Crippen molar-refractivity contribution in [2.24, 2.45) is 0 Å². The second-order valence-corrected chi connectivity index (χ2v) is 6.91. The molecule has 0 aromatic heterocycles. The molecule has 1 aliphatic carbocycles. The quantitative estimate of drug-likeness (QED) is 0.704. The molecule has 1 saturated carbocycles. The smallest absolute Gasteiger partial charge is 0.873 e. The van der Waals surface area contributed by atoms with Gasteiger partial charge in [0.2, 0.25) is 0 Å². The standard InChI is InChI=1S/C18H22ClNO4.Na/c1-10-8-11(19)9-13(24-3)14(10)15-16(21)18(20-17(15)22)6-4-12(23-2)5-7-18;/h8-9,12,21H,4-7H2,1-3H3,(H,20,22);/q;+1/p-1. The zero-order valence-corrected chi connectivity index (χ0v) is 17.8. The molecule has 1 spiro atoms. The van der Waals surface area contributed by atoms with Crippen LogP contribution >= 0.6 is 11.6 Å². The predicted molar refractivity (Wildman–Crippen MR) is 89.8 cm³/mol. The van der Waals surface area contributed by atoms with E-state index in [1.807, 2.05) is 6.92 Å². The topological polar surface area (TPSA) is 70.6 Å². The van der Waals surface area contributed by atoms with E-state index in [9.17, 15) is 9.90 Å². The number of hydrogen-bond acceptors (Lipinski definition) is 4. The Morgan fingerprint density at radius 1 is 1.28 bits per heavy atom. The van der Waals surface area contributed by atoms with Crippen LogP contribution in [0.15, 0.2) is 17.9 Å². The van der Waals surface area contributed by atoms with E-state index in [0.717, 1.165) is 18.4 Å². The Hall–Kier alpha value is -0.720. The average molecular weight is 374 g/mol. The molecular weight excluding hydrogens is 353 g/mol. The molecule has 3 rings (SSSR count). The third kappa shape index (κ3) is 3.58. The molecule has 0 unspecified atom stereocenters. The van der Waals surface area contributed by atoms with Gasteiger partial charge < -0.3 is 19.9 Å². The van der Waals surface area contributed by atoms with Crippen LogP contribution in [-0.4, -0.2) is 31.8 Å². The minimum atomic E-state index is -0.807. The van der Waals surface area contributed by atoms with E-state index >= 15 is 0 Å². The molecule has 1 N–H and O–H groups in total. The summed E-state index contributed by atoms with van der Waals surface area (Å²) in [6.45, 7) is 1.82. The number of rotatable bonds is 3. The minimum absolute atomic E-state index is 0. The first-order chi connectivity index (χ1) is 11.4. The Bertz CT molecular complexity index is 711. The van der Waals surface area contributed by atoms with E-state index in [-0.39, 0.29) is 52.9 Å². The fourth-order valence-electron chi connectivity index (χ4n) is 3.77. The largest absolute Gasteiger partial charge is 1.00 e.